The summed E-state index contributed by atoms with van der Waals surface area (Å²) in [6.45, 7) is 4.18. The second kappa shape index (κ2) is 5.18. The number of imidazole rings is 2. The van der Waals surface area contributed by atoms with E-state index in [-0.39, 0.29) is 0 Å². The van der Waals surface area contributed by atoms with Gasteiger partial charge in [-0.15, -0.1) is 0 Å². The third-order valence-corrected chi connectivity index (χ3v) is 4.63. The van der Waals surface area contributed by atoms with Gasteiger partial charge in [-0.05, 0) is 43.7 Å². The molecule has 0 aliphatic carbocycles. The molecule has 3 heterocycles. The molecule has 5 heteroatoms. The first-order chi connectivity index (χ1) is 10.7. The SMILES string of the molecule is Cc1ccc2nc(SCc3cn4c(C)cccc4n3)[nH]c2c1. The van der Waals surface area contributed by atoms with Gasteiger partial charge in [0.2, 0.25) is 0 Å². The zero-order valence-corrected chi connectivity index (χ0v) is 13.3. The summed E-state index contributed by atoms with van der Waals surface area (Å²) in [6.07, 6.45) is 2.10. The van der Waals surface area contributed by atoms with Gasteiger partial charge in [0.25, 0.3) is 0 Å². The van der Waals surface area contributed by atoms with Crippen molar-refractivity contribution in [3.05, 3.63) is 59.5 Å². The first-order valence-electron chi connectivity index (χ1n) is 7.22. The maximum absolute atomic E-state index is 4.66. The molecule has 0 spiro atoms. The van der Waals surface area contributed by atoms with Gasteiger partial charge in [-0.2, -0.15) is 0 Å². The summed E-state index contributed by atoms with van der Waals surface area (Å²) >= 11 is 1.68. The summed E-state index contributed by atoms with van der Waals surface area (Å²) in [7, 11) is 0. The van der Waals surface area contributed by atoms with Crippen molar-refractivity contribution in [2.24, 2.45) is 0 Å². The van der Waals surface area contributed by atoms with Crippen LogP contribution in [0.3, 0.4) is 0 Å². The standard InChI is InChI=1S/C17H16N4S/c1-11-6-7-14-15(8-11)20-17(19-14)22-10-13-9-21-12(2)4-3-5-16(21)18-13/h3-9H,10H2,1-2H3,(H,19,20). The average molecular weight is 308 g/mol. The predicted molar refractivity (Wildman–Crippen MR) is 90.3 cm³/mol. The van der Waals surface area contributed by atoms with Crippen LogP contribution in [0.1, 0.15) is 17.0 Å². The second-order valence-electron chi connectivity index (χ2n) is 5.48. The van der Waals surface area contributed by atoms with Crippen LogP contribution in [-0.4, -0.2) is 19.4 Å². The van der Waals surface area contributed by atoms with Gasteiger partial charge in [-0.1, -0.05) is 23.9 Å². The predicted octanol–water partition coefficient (Wildman–Crippen LogP) is 4.12. The van der Waals surface area contributed by atoms with E-state index < -0.39 is 0 Å². The Labute approximate surface area is 132 Å². The fourth-order valence-corrected chi connectivity index (χ4v) is 3.35. The van der Waals surface area contributed by atoms with Crippen LogP contribution in [0.5, 0.6) is 0 Å². The van der Waals surface area contributed by atoms with E-state index in [4.69, 9.17) is 0 Å². The molecule has 0 amide bonds. The number of thioether (sulfide) groups is 1. The number of pyridine rings is 1. The largest absolute Gasteiger partial charge is 0.333 e. The molecule has 4 nitrogen and oxygen atoms in total. The van der Waals surface area contributed by atoms with Gasteiger partial charge in [0.15, 0.2) is 5.16 Å². The van der Waals surface area contributed by atoms with Gasteiger partial charge in [0, 0.05) is 17.6 Å². The first kappa shape index (κ1) is 13.4. The number of nitrogens with zero attached hydrogens (tertiary/aromatic N) is 3. The lowest BCUT2D eigenvalue weighted by molar-refractivity contribution is 1.07. The zero-order valence-electron chi connectivity index (χ0n) is 12.5. The molecular weight excluding hydrogens is 292 g/mol. The fraction of sp³-hybridized carbons (Fsp3) is 0.176. The van der Waals surface area contributed by atoms with Crippen LogP contribution in [0.2, 0.25) is 0 Å². The molecular formula is C17H16N4S. The maximum Gasteiger partial charge on any atom is 0.166 e. The van der Waals surface area contributed by atoms with Gasteiger partial charge in [0.1, 0.15) is 5.65 Å². The van der Waals surface area contributed by atoms with Crippen LogP contribution in [0, 0.1) is 13.8 Å². The lowest BCUT2D eigenvalue weighted by atomic mass is 10.2. The average Bonchev–Trinajstić information content (AvgIpc) is 3.08. The lowest BCUT2D eigenvalue weighted by Crippen LogP contribution is -1.86. The van der Waals surface area contributed by atoms with Crippen molar-refractivity contribution in [1.82, 2.24) is 19.4 Å². The third kappa shape index (κ3) is 2.37. The molecule has 1 aromatic carbocycles. The molecule has 1 N–H and O–H groups in total. The smallest absolute Gasteiger partial charge is 0.166 e. The van der Waals surface area contributed by atoms with Crippen LogP contribution in [0.25, 0.3) is 16.7 Å². The molecule has 0 saturated heterocycles. The summed E-state index contributed by atoms with van der Waals surface area (Å²) in [5.74, 6) is 0.805. The number of H-pyrrole nitrogens is 1. The van der Waals surface area contributed by atoms with E-state index in [1.54, 1.807) is 11.8 Å². The summed E-state index contributed by atoms with van der Waals surface area (Å²) in [6, 6.07) is 12.4. The Kier molecular flexibility index (Phi) is 3.15. The van der Waals surface area contributed by atoms with Gasteiger partial charge in [0.05, 0.1) is 16.7 Å². The van der Waals surface area contributed by atoms with Crippen molar-refractivity contribution < 1.29 is 0 Å². The Balaban J connectivity index is 1.58. The van der Waals surface area contributed by atoms with Gasteiger partial charge in [-0.3, -0.25) is 0 Å². The molecule has 4 aromatic rings. The number of aryl methyl sites for hydroxylation is 2. The first-order valence-corrected chi connectivity index (χ1v) is 8.20. The fourth-order valence-electron chi connectivity index (χ4n) is 2.58. The highest BCUT2D eigenvalue weighted by molar-refractivity contribution is 7.98. The van der Waals surface area contributed by atoms with Crippen molar-refractivity contribution in [3.8, 4) is 0 Å². The normalized spacial score (nSPS) is 11.5. The summed E-state index contributed by atoms with van der Waals surface area (Å²) in [4.78, 5) is 12.6. The van der Waals surface area contributed by atoms with E-state index >= 15 is 0 Å². The van der Waals surface area contributed by atoms with Crippen molar-refractivity contribution >= 4 is 28.4 Å². The number of rotatable bonds is 3. The Hall–Kier alpha value is -2.27. The minimum atomic E-state index is 0.805. The monoisotopic (exact) mass is 308 g/mol. The number of hydrogen-bond acceptors (Lipinski definition) is 3. The number of benzene rings is 1. The number of fused-ring (bicyclic) bond motifs is 2. The van der Waals surface area contributed by atoms with E-state index in [9.17, 15) is 0 Å². The molecule has 0 unspecified atom stereocenters. The summed E-state index contributed by atoms with van der Waals surface area (Å²) < 4.78 is 2.12. The van der Waals surface area contributed by atoms with Crippen molar-refractivity contribution in [2.45, 2.75) is 24.8 Å². The lowest BCUT2D eigenvalue weighted by Gasteiger charge is -1.96. The molecule has 4 rings (SSSR count). The molecule has 0 radical (unpaired) electrons. The highest BCUT2D eigenvalue weighted by Gasteiger charge is 2.07. The Morgan fingerprint density at radius 3 is 2.91 bits per heavy atom. The van der Waals surface area contributed by atoms with Crippen LogP contribution in [-0.2, 0) is 5.75 Å². The van der Waals surface area contributed by atoms with Gasteiger partial charge < -0.3 is 9.38 Å². The van der Waals surface area contributed by atoms with Gasteiger partial charge in [-0.25, -0.2) is 9.97 Å². The van der Waals surface area contributed by atoms with E-state index in [0.717, 1.165) is 33.3 Å². The number of aromatic nitrogens is 4. The molecule has 0 saturated carbocycles. The van der Waals surface area contributed by atoms with Crippen molar-refractivity contribution in [3.63, 3.8) is 0 Å². The highest BCUT2D eigenvalue weighted by atomic mass is 32.2. The third-order valence-electron chi connectivity index (χ3n) is 3.72. The van der Waals surface area contributed by atoms with Crippen molar-refractivity contribution in [1.29, 1.82) is 0 Å². The minimum absolute atomic E-state index is 0.805. The topological polar surface area (TPSA) is 46.0 Å². The van der Waals surface area contributed by atoms with E-state index in [1.165, 1.54) is 11.3 Å². The molecule has 0 aliphatic heterocycles. The van der Waals surface area contributed by atoms with Crippen LogP contribution in [0.4, 0.5) is 0 Å². The van der Waals surface area contributed by atoms with Gasteiger partial charge >= 0.3 is 0 Å². The van der Waals surface area contributed by atoms with E-state index in [2.05, 4.69) is 63.7 Å². The molecule has 0 atom stereocenters. The zero-order chi connectivity index (χ0) is 15.1. The molecule has 0 fully saturated rings. The Morgan fingerprint density at radius 1 is 1.14 bits per heavy atom. The van der Waals surface area contributed by atoms with Crippen molar-refractivity contribution in [2.75, 3.05) is 0 Å². The second-order valence-corrected chi connectivity index (χ2v) is 6.44. The Bertz CT molecular complexity index is 967. The van der Waals surface area contributed by atoms with E-state index in [1.807, 2.05) is 12.1 Å². The maximum atomic E-state index is 4.66. The quantitative estimate of drug-likeness (QED) is 0.579. The van der Waals surface area contributed by atoms with Crippen LogP contribution in [0.15, 0.2) is 47.8 Å². The number of nitrogens with one attached hydrogen (secondary N) is 1. The minimum Gasteiger partial charge on any atom is -0.333 e. The highest BCUT2D eigenvalue weighted by Crippen LogP contribution is 2.23. The molecule has 0 bridgehead atoms. The molecule has 3 aromatic heterocycles. The Morgan fingerprint density at radius 2 is 2.05 bits per heavy atom. The van der Waals surface area contributed by atoms with Crippen LogP contribution >= 0.6 is 11.8 Å². The molecule has 0 aliphatic rings. The summed E-state index contributed by atoms with van der Waals surface area (Å²) in [5, 5.41) is 0.939. The molecule has 110 valence electrons. The number of aromatic amines is 1. The van der Waals surface area contributed by atoms with Crippen LogP contribution < -0.4 is 0 Å². The van der Waals surface area contributed by atoms with E-state index in [0.29, 0.717) is 0 Å². The number of hydrogen-bond donors (Lipinski definition) is 1. The molecule has 22 heavy (non-hydrogen) atoms. The summed E-state index contributed by atoms with van der Waals surface area (Å²) in [5.41, 5.74) is 6.60.